The third-order valence-electron chi connectivity index (χ3n) is 2.76. The van der Waals surface area contributed by atoms with Crippen molar-refractivity contribution in [1.29, 1.82) is 0 Å². The summed E-state index contributed by atoms with van der Waals surface area (Å²) in [7, 11) is 4.40. The molecule has 1 rings (SSSR count). The third-order valence-corrected chi connectivity index (χ3v) is 2.76. The number of ether oxygens (including phenoxy) is 3. The van der Waals surface area contributed by atoms with Gasteiger partial charge in [0.1, 0.15) is 11.3 Å². The van der Waals surface area contributed by atoms with Crippen LogP contribution in [0, 0.1) is 11.8 Å². The molecule has 0 radical (unpaired) electrons. The van der Waals surface area contributed by atoms with Crippen LogP contribution in [0.25, 0.3) is 5.57 Å². The van der Waals surface area contributed by atoms with Crippen LogP contribution in [-0.4, -0.2) is 27.3 Å². The molecule has 0 amide bonds. The Morgan fingerprint density at radius 3 is 2.62 bits per heavy atom. The third kappa shape index (κ3) is 4.57. The molecule has 0 N–H and O–H groups in total. The molecule has 0 saturated carbocycles. The van der Waals surface area contributed by atoms with E-state index < -0.39 is 5.97 Å². The van der Waals surface area contributed by atoms with Gasteiger partial charge in [-0.25, -0.2) is 4.79 Å². The number of methoxy groups -OCH3 is 3. The van der Waals surface area contributed by atoms with Gasteiger partial charge in [0, 0.05) is 17.5 Å². The summed E-state index contributed by atoms with van der Waals surface area (Å²) in [5.74, 6) is 6.35. The maximum Gasteiger partial charge on any atom is 0.341 e. The number of hydrogen-bond acceptors (Lipinski definition) is 4. The van der Waals surface area contributed by atoms with Gasteiger partial charge in [-0.3, -0.25) is 0 Å². The number of rotatable bonds is 5. The number of carbonyl (C=O) groups is 1. The van der Waals surface area contributed by atoms with Gasteiger partial charge in [-0.1, -0.05) is 18.8 Å². The number of benzene rings is 1. The van der Waals surface area contributed by atoms with Crippen molar-refractivity contribution in [1.82, 2.24) is 0 Å². The van der Waals surface area contributed by atoms with Crippen molar-refractivity contribution in [3.8, 4) is 17.6 Å². The summed E-state index contributed by atoms with van der Waals surface area (Å²) >= 11 is 0. The molecule has 112 valence electrons. The SMILES string of the molecule is CCCC#Cc1cc(OC)ccc1/C(=C\OC)C(=O)OC. The lowest BCUT2D eigenvalue weighted by molar-refractivity contribution is -0.133. The Bertz CT molecular complexity index is 576. The molecule has 0 heterocycles. The molecule has 0 atom stereocenters. The summed E-state index contributed by atoms with van der Waals surface area (Å²) < 4.78 is 15.0. The second-order valence-electron chi connectivity index (χ2n) is 4.22. The highest BCUT2D eigenvalue weighted by Crippen LogP contribution is 2.24. The lowest BCUT2D eigenvalue weighted by Crippen LogP contribution is -2.06. The van der Waals surface area contributed by atoms with Crippen molar-refractivity contribution in [2.24, 2.45) is 0 Å². The fraction of sp³-hybridized carbons (Fsp3) is 0.353. The molecule has 4 heteroatoms. The van der Waals surface area contributed by atoms with Gasteiger partial charge >= 0.3 is 5.97 Å². The maximum atomic E-state index is 11.9. The maximum absolute atomic E-state index is 11.9. The van der Waals surface area contributed by atoms with Crippen LogP contribution in [0.2, 0.25) is 0 Å². The van der Waals surface area contributed by atoms with Crippen LogP contribution >= 0.6 is 0 Å². The van der Waals surface area contributed by atoms with Gasteiger partial charge in [-0.2, -0.15) is 0 Å². The predicted octanol–water partition coefficient (Wildman–Crippen LogP) is 3.01. The van der Waals surface area contributed by atoms with Crippen LogP contribution in [0.1, 0.15) is 30.9 Å². The van der Waals surface area contributed by atoms with Crippen molar-refractivity contribution in [2.45, 2.75) is 19.8 Å². The molecule has 0 saturated heterocycles. The molecular weight excluding hydrogens is 268 g/mol. The van der Waals surface area contributed by atoms with Crippen LogP contribution in [-0.2, 0) is 14.3 Å². The normalized spacial score (nSPS) is 10.4. The van der Waals surface area contributed by atoms with E-state index in [0.29, 0.717) is 22.4 Å². The molecule has 0 aliphatic carbocycles. The number of unbranched alkanes of at least 4 members (excludes halogenated alkanes) is 1. The van der Waals surface area contributed by atoms with Crippen LogP contribution in [0.5, 0.6) is 5.75 Å². The highest BCUT2D eigenvalue weighted by Gasteiger charge is 2.16. The second-order valence-corrected chi connectivity index (χ2v) is 4.22. The van der Waals surface area contributed by atoms with E-state index >= 15 is 0 Å². The molecule has 0 aliphatic rings. The van der Waals surface area contributed by atoms with Crippen molar-refractivity contribution >= 4 is 11.5 Å². The zero-order valence-electron chi connectivity index (χ0n) is 12.9. The summed E-state index contributed by atoms with van der Waals surface area (Å²) in [5.41, 5.74) is 1.69. The van der Waals surface area contributed by atoms with Gasteiger partial charge in [-0.05, 0) is 24.6 Å². The highest BCUT2D eigenvalue weighted by atomic mass is 16.5. The Morgan fingerprint density at radius 2 is 2.05 bits per heavy atom. The molecule has 0 aliphatic heterocycles. The van der Waals surface area contributed by atoms with Gasteiger partial charge in [0.15, 0.2) is 0 Å². The lowest BCUT2D eigenvalue weighted by atomic mass is 10.00. The van der Waals surface area contributed by atoms with Gasteiger partial charge < -0.3 is 14.2 Å². The van der Waals surface area contributed by atoms with Crippen LogP contribution in [0.15, 0.2) is 24.5 Å². The molecule has 0 bridgehead atoms. The fourth-order valence-corrected chi connectivity index (χ4v) is 1.72. The summed E-state index contributed by atoms with van der Waals surface area (Å²) in [6.07, 6.45) is 3.13. The standard InChI is InChI=1S/C17H20O4/c1-5-6-7-8-13-11-14(20-3)9-10-15(13)16(12-19-2)17(18)21-4/h9-12H,5-6H2,1-4H3/b16-12+. The first kappa shape index (κ1) is 16.6. The zero-order chi connectivity index (χ0) is 15.7. The first-order valence-corrected chi connectivity index (χ1v) is 6.66. The Morgan fingerprint density at radius 1 is 1.29 bits per heavy atom. The molecule has 1 aromatic carbocycles. The topological polar surface area (TPSA) is 44.8 Å². The number of hydrogen-bond donors (Lipinski definition) is 0. The molecular formula is C17H20O4. The number of carbonyl (C=O) groups excluding carboxylic acids is 1. The fourth-order valence-electron chi connectivity index (χ4n) is 1.72. The Hall–Kier alpha value is -2.41. The van der Waals surface area contributed by atoms with Crippen LogP contribution in [0.3, 0.4) is 0 Å². The van der Waals surface area contributed by atoms with E-state index in [2.05, 4.69) is 18.8 Å². The second kappa shape index (κ2) is 8.70. The van der Waals surface area contributed by atoms with Crippen molar-refractivity contribution in [3.05, 3.63) is 35.6 Å². The summed E-state index contributed by atoms with van der Waals surface area (Å²) in [4.78, 5) is 11.9. The van der Waals surface area contributed by atoms with Gasteiger partial charge in [0.05, 0.1) is 27.6 Å². The Kier molecular flexibility index (Phi) is 6.90. The first-order valence-electron chi connectivity index (χ1n) is 6.66. The lowest BCUT2D eigenvalue weighted by Gasteiger charge is -2.09. The van der Waals surface area contributed by atoms with Crippen LogP contribution < -0.4 is 4.74 Å². The highest BCUT2D eigenvalue weighted by molar-refractivity contribution is 6.16. The molecule has 1 aromatic rings. The molecule has 0 unspecified atom stereocenters. The minimum absolute atomic E-state index is 0.323. The summed E-state index contributed by atoms with van der Waals surface area (Å²) in [5, 5.41) is 0. The molecule has 4 nitrogen and oxygen atoms in total. The molecule has 0 fully saturated rings. The number of esters is 1. The Balaban J connectivity index is 3.36. The van der Waals surface area contributed by atoms with E-state index in [1.54, 1.807) is 25.3 Å². The predicted molar refractivity (Wildman–Crippen MR) is 81.8 cm³/mol. The van der Waals surface area contributed by atoms with Gasteiger partial charge in [0.25, 0.3) is 0 Å². The molecule has 0 aromatic heterocycles. The van der Waals surface area contributed by atoms with Gasteiger partial charge in [-0.15, -0.1) is 0 Å². The van der Waals surface area contributed by atoms with Crippen LogP contribution in [0.4, 0.5) is 0 Å². The molecule has 0 spiro atoms. The van der Waals surface area contributed by atoms with E-state index in [9.17, 15) is 4.79 Å². The Labute approximate surface area is 125 Å². The molecule has 21 heavy (non-hydrogen) atoms. The van der Waals surface area contributed by atoms with Crippen molar-refractivity contribution < 1.29 is 19.0 Å². The average molecular weight is 288 g/mol. The van der Waals surface area contributed by atoms with E-state index in [-0.39, 0.29) is 0 Å². The minimum atomic E-state index is -0.472. The smallest absolute Gasteiger partial charge is 0.341 e. The van der Waals surface area contributed by atoms with E-state index in [1.165, 1.54) is 20.5 Å². The average Bonchev–Trinajstić information content (AvgIpc) is 2.52. The summed E-state index contributed by atoms with van der Waals surface area (Å²) in [6.45, 7) is 2.06. The van der Waals surface area contributed by atoms with E-state index in [4.69, 9.17) is 14.2 Å². The van der Waals surface area contributed by atoms with Gasteiger partial charge in [0.2, 0.25) is 0 Å². The first-order chi connectivity index (χ1) is 10.2. The van der Waals surface area contributed by atoms with Crippen molar-refractivity contribution in [2.75, 3.05) is 21.3 Å². The minimum Gasteiger partial charge on any atom is -0.503 e. The summed E-state index contributed by atoms with van der Waals surface area (Å²) in [6, 6.07) is 5.34. The zero-order valence-corrected chi connectivity index (χ0v) is 12.9. The van der Waals surface area contributed by atoms with E-state index in [0.717, 1.165) is 12.8 Å². The quantitative estimate of drug-likeness (QED) is 0.361. The van der Waals surface area contributed by atoms with E-state index in [1.807, 2.05) is 0 Å². The monoisotopic (exact) mass is 288 g/mol. The largest absolute Gasteiger partial charge is 0.503 e. The van der Waals surface area contributed by atoms with Crippen molar-refractivity contribution in [3.63, 3.8) is 0 Å².